The van der Waals surface area contributed by atoms with Crippen molar-refractivity contribution < 1.29 is 54.8 Å². The minimum absolute atomic E-state index is 0. The Kier molecular flexibility index (Phi) is 13.7. The van der Waals surface area contributed by atoms with Crippen molar-refractivity contribution in [2.45, 2.75) is 0 Å². The van der Waals surface area contributed by atoms with Gasteiger partial charge in [0.2, 0.25) is 0 Å². The van der Waals surface area contributed by atoms with E-state index in [1.54, 1.807) is 0 Å². The van der Waals surface area contributed by atoms with Crippen molar-refractivity contribution in [1.29, 1.82) is 0 Å². The van der Waals surface area contributed by atoms with E-state index in [0.29, 0.717) is 0 Å². The van der Waals surface area contributed by atoms with E-state index in [9.17, 15) is 0 Å². The zero-order valence-electron chi connectivity index (χ0n) is 2.77. The Bertz CT molecular complexity index is 57.8. The van der Waals surface area contributed by atoms with Crippen LogP contribution in [-0.4, -0.2) is 33.5 Å². The summed E-state index contributed by atoms with van der Waals surface area (Å²) < 4.78 is 8.88. The van der Waals surface area contributed by atoms with Gasteiger partial charge in [-0.3, -0.25) is 0 Å². The van der Waals surface area contributed by atoms with Gasteiger partial charge in [0.1, 0.15) is 0 Å². The van der Waals surface area contributed by atoms with Gasteiger partial charge in [-0.1, -0.05) is 0 Å². The molecule has 0 aliphatic carbocycles. The number of hydrogen-bond donors (Lipinski definition) is 3. The number of hydrogen-bond acceptors (Lipinski definition) is 1. The third-order valence-corrected chi connectivity index (χ3v) is 0. The summed E-state index contributed by atoms with van der Waals surface area (Å²) in [6.07, 6.45) is 0. The van der Waals surface area contributed by atoms with Crippen molar-refractivity contribution in [2.24, 2.45) is 0 Å². The molecule has 1 radical (unpaired) electrons. The monoisotopic (exact) mass is 245 g/mol. The first-order valence-corrected chi connectivity index (χ1v) is 2.35. The van der Waals surface area contributed by atoms with Crippen LogP contribution in [0.5, 0.6) is 0 Å². The molecule has 7 heteroatoms. The molecule has 0 aromatic heterocycles. The van der Waals surface area contributed by atoms with E-state index in [2.05, 4.69) is 0 Å². The van der Waals surface area contributed by atoms with E-state index in [0.717, 1.165) is 0 Å². The zero-order valence-corrected chi connectivity index (χ0v) is 7.29. The summed E-state index contributed by atoms with van der Waals surface area (Å²) in [6.45, 7) is 0. The van der Waals surface area contributed by atoms with Gasteiger partial charge in [-0.25, -0.2) is 4.57 Å². The van der Waals surface area contributed by atoms with Gasteiger partial charge in [-0.2, -0.15) is 0 Å². The fourth-order valence-corrected chi connectivity index (χ4v) is 0. The molecular weight excluding hydrogens is 241 g/mol. The molecule has 37 valence electrons. The Balaban J connectivity index is -0.0000000800. The fourth-order valence-electron chi connectivity index (χ4n) is 0. The topological polar surface area (TPSA) is 77.8 Å². The van der Waals surface area contributed by atoms with E-state index in [1.165, 1.54) is 0 Å². The molecule has 0 fully saturated rings. The Hall–Kier alpha value is 1.90. The molecule has 0 bridgehead atoms. The predicted octanol–water partition coefficient (Wildman–Crippen LogP) is -1.58. The molecule has 0 aliphatic rings. The maximum absolute atomic E-state index is 8.88. The SMILES string of the molecule is O=P(O)(O)O.[La].[LiH]. The van der Waals surface area contributed by atoms with Crippen LogP contribution in [0.15, 0.2) is 0 Å². The molecule has 0 amide bonds. The van der Waals surface area contributed by atoms with E-state index in [-0.39, 0.29) is 54.5 Å². The quantitative estimate of drug-likeness (QED) is 0.355. The van der Waals surface area contributed by atoms with Crippen LogP contribution in [0.4, 0.5) is 0 Å². The number of rotatable bonds is 0. The molecular formula is H4LaLiO4P. The van der Waals surface area contributed by atoms with Gasteiger partial charge in [0.15, 0.2) is 0 Å². The molecule has 7 heavy (non-hydrogen) atoms. The van der Waals surface area contributed by atoms with Crippen molar-refractivity contribution in [3.05, 3.63) is 0 Å². The normalized spacial score (nSPS) is 8.43. The summed E-state index contributed by atoms with van der Waals surface area (Å²) in [7, 11) is -4.64. The van der Waals surface area contributed by atoms with Crippen LogP contribution in [0.1, 0.15) is 0 Å². The Morgan fingerprint density at radius 3 is 1.14 bits per heavy atom. The summed E-state index contributed by atoms with van der Waals surface area (Å²) in [5.41, 5.74) is 0. The second-order valence-corrected chi connectivity index (χ2v) is 1.54. The van der Waals surface area contributed by atoms with E-state index in [1.807, 2.05) is 0 Å². The maximum atomic E-state index is 8.88. The van der Waals surface area contributed by atoms with Gasteiger partial charge in [0.25, 0.3) is 0 Å². The van der Waals surface area contributed by atoms with E-state index < -0.39 is 7.82 Å². The zero-order chi connectivity index (χ0) is 4.50. The third-order valence-electron chi connectivity index (χ3n) is 0. The van der Waals surface area contributed by atoms with Gasteiger partial charge >= 0.3 is 26.7 Å². The first kappa shape index (κ1) is 16.0. The summed E-state index contributed by atoms with van der Waals surface area (Å²) in [5.74, 6) is 0. The van der Waals surface area contributed by atoms with Gasteiger partial charge in [-0.15, -0.1) is 0 Å². The molecule has 0 aromatic rings. The Labute approximate surface area is 80.7 Å². The third kappa shape index (κ3) is 76.1. The molecule has 0 aromatic carbocycles. The average Bonchev–Trinajstić information content (AvgIpc) is 0.722. The van der Waals surface area contributed by atoms with Gasteiger partial charge < -0.3 is 14.7 Å². The summed E-state index contributed by atoms with van der Waals surface area (Å²) in [6, 6.07) is 0. The molecule has 0 spiro atoms. The van der Waals surface area contributed by atoms with Crippen molar-refractivity contribution in [2.75, 3.05) is 0 Å². The molecule has 0 aliphatic heterocycles. The van der Waals surface area contributed by atoms with Crippen LogP contribution in [0, 0.1) is 35.6 Å². The predicted molar refractivity (Wildman–Crippen MR) is 21.4 cm³/mol. The minimum atomic E-state index is -4.64. The molecule has 0 heterocycles. The second-order valence-electron chi connectivity index (χ2n) is 0.513. The van der Waals surface area contributed by atoms with Crippen LogP contribution in [0.2, 0.25) is 0 Å². The second kappa shape index (κ2) is 6.03. The standard InChI is InChI=1S/La.Li.H3O4P.H/c;;1-5(2,3)4;/h;;(H3,1,2,3,4);. The van der Waals surface area contributed by atoms with Crippen molar-refractivity contribution in [1.82, 2.24) is 0 Å². The molecule has 0 unspecified atom stereocenters. The van der Waals surface area contributed by atoms with Crippen molar-refractivity contribution in [3.8, 4) is 0 Å². The number of phosphoric acid groups is 1. The Morgan fingerprint density at radius 1 is 1.14 bits per heavy atom. The summed E-state index contributed by atoms with van der Waals surface area (Å²) in [5, 5.41) is 0. The molecule has 0 saturated heterocycles. The van der Waals surface area contributed by atoms with E-state index in [4.69, 9.17) is 19.2 Å². The molecule has 4 nitrogen and oxygen atoms in total. The fraction of sp³-hybridized carbons (Fsp3) is 0. The molecule has 3 N–H and O–H groups in total. The van der Waals surface area contributed by atoms with Crippen LogP contribution < -0.4 is 0 Å². The van der Waals surface area contributed by atoms with Crippen LogP contribution in [0.25, 0.3) is 0 Å². The van der Waals surface area contributed by atoms with Gasteiger partial charge in [0.05, 0.1) is 0 Å². The van der Waals surface area contributed by atoms with Gasteiger partial charge in [0, 0.05) is 35.6 Å². The summed E-state index contributed by atoms with van der Waals surface area (Å²) >= 11 is 0. The molecule has 0 rings (SSSR count). The van der Waals surface area contributed by atoms with Crippen LogP contribution in [0.3, 0.4) is 0 Å². The molecule has 0 atom stereocenters. The van der Waals surface area contributed by atoms with Gasteiger partial charge in [-0.05, 0) is 0 Å². The first-order chi connectivity index (χ1) is 2.00. The summed E-state index contributed by atoms with van der Waals surface area (Å²) in [4.78, 5) is 21.6. The average molecular weight is 245 g/mol. The first-order valence-electron chi connectivity index (χ1n) is 0.783. The van der Waals surface area contributed by atoms with Crippen molar-refractivity contribution >= 4 is 26.7 Å². The van der Waals surface area contributed by atoms with Crippen LogP contribution in [-0.2, 0) is 4.57 Å². The Morgan fingerprint density at radius 2 is 1.14 bits per heavy atom. The van der Waals surface area contributed by atoms with Crippen LogP contribution >= 0.6 is 7.82 Å². The molecule has 0 saturated carbocycles. The van der Waals surface area contributed by atoms with E-state index >= 15 is 0 Å². The van der Waals surface area contributed by atoms with Crippen molar-refractivity contribution in [3.63, 3.8) is 0 Å².